The lowest BCUT2D eigenvalue weighted by Gasteiger charge is -2.39. The normalized spacial score (nSPS) is 17.7. The van der Waals surface area contributed by atoms with Crippen molar-refractivity contribution < 1.29 is 29.3 Å². The fraction of sp³-hybridized carbons (Fsp3) is 0.333. The van der Waals surface area contributed by atoms with E-state index >= 15 is 0 Å². The molecular formula is C48H56N4O6. The highest BCUT2D eigenvalue weighted by Crippen LogP contribution is 2.39. The number of hydrogen-bond acceptors (Lipinski definition) is 8. The number of aliphatic hydroxyl groups is 2. The van der Waals surface area contributed by atoms with E-state index in [0.29, 0.717) is 56.6 Å². The van der Waals surface area contributed by atoms with Gasteiger partial charge in [-0.2, -0.15) is 0 Å². The molecule has 1 fully saturated rings. The minimum Gasteiger partial charge on any atom is -0.397 e. The first-order chi connectivity index (χ1) is 28.2. The number of carbonyl (C=O) groups is 2. The molecular weight excluding hydrogens is 729 g/mol. The van der Waals surface area contributed by atoms with Crippen molar-refractivity contribution in [2.24, 2.45) is 0 Å². The average molecular weight is 785 g/mol. The second-order valence-electron chi connectivity index (χ2n) is 15.2. The Balaban J connectivity index is 1.05. The van der Waals surface area contributed by atoms with E-state index in [1.807, 2.05) is 105 Å². The predicted molar refractivity (Wildman–Crippen MR) is 228 cm³/mol. The van der Waals surface area contributed by atoms with Gasteiger partial charge in [-0.05, 0) is 84.5 Å². The highest BCUT2D eigenvalue weighted by molar-refractivity contribution is 5.93. The van der Waals surface area contributed by atoms with Gasteiger partial charge in [-0.3, -0.25) is 14.5 Å². The number of nitrogens with two attached hydrogens (primary N) is 1. The number of amides is 2. The first-order valence-corrected chi connectivity index (χ1v) is 20.2. The number of hydrogen-bond donors (Lipinski definition) is 5. The van der Waals surface area contributed by atoms with Gasteiger partial charge in [0.2, 0.25) is 11.8 Å². The fourth-order valence-corrected chi connectivity index (χ4v) is 7.28. The lowest BCUT2D eigenvalue weighted by molar-refractivity contribution is -0.253. The van der Waals surface area contributed by atoms with Crippen molar-refractivity contribution >= 4 is 23.2 Å². The number of anilines is 2. The molecule has 6 N–H and O–H groups in total. The molecule has 0 unspecified atom stereocenters. The fourth-order valence-electron chi connectivity index (χ4n) is 7.28. The van der Waals surface area contributed by atoms with Crippen molar-refractivity contribution in [2.45, 2.75) is 89.2 Å². The molecule has 0 radical (unpaired) electrons. The van der Waals surface area contributed by atoms with Gasteiger partial charge < -0.3 is 36.1 Å². The third-order valence-electron chi connectivity index (χ3n) is 10.9. The number of unbranched alkanes of at least 4 members (excludes halogenated alkanes) is 2. The van der Waals surface area contributed by atoms with Crippen molar-refractivity contribution in [3.8, 4) is 11.1 Å². The largest absolute Gasteiger partial charge is 0.397 e. The van der Waals surface area contributed by atoms with Crippen LogP contribution < -0.4 is 16.4 Å². The standard InChI is InChI=1S/C48H56N4O6/c1-33(47(56)37-14-5-3-6-15-37)52(2)31-41-29-44(36-25-23-34(32-53)24-26-36)58-48(57-41)40-18-12-17-39(28-40)38-16-11-13-35(27-38)30-50-45(54)21-7-4-8-22-46(55)51-43-20-10-9-19-42(43)49/h3,5-6,9-20,23-28,33,41,44,47-48,53,56H,4,7-8,21-22,29-32,49H2,1-2H3,(H,50,54)(H,51,55)/t33-,41-,44+,47-,48+/m1/s1. The summed E-state index contributed by atoms with van der Waals surface area (Å²) in [6.07, 6.45) is 1.85. The van der Waals surface area contributed by atoms with Gasteiger partial charge in [-0.15, -0.1) is 0 Å². The zero-order valence-electron chi connectivity index (χ0n) is 33.4. The van der Waals surface area contributed by atoms with Crippen LogP contribution in [0.15, 0.2) is 127 Å². The van der Waals surface area contributed by atoms with Gasteiger partial charge in [-0.1, -0.05) is 110 Å². The third-order valence-corrected chi connectivity index (χ3v) is 10.9. The second kappa shape index (κ2) is 20.9. The summed E-state index contributed by atoms with van der Waals surface area (Å²) in [7, 11) is 2.01. The monoisotopic (exact) mass is 784 g/mol. The molecule has 1 heterocycles. The Morgan fingerprint density at radius 3 is 2.21 bits per heavy atom. The molecule has 0 bridgehead atoms. The Kier molecular flexibility index (Phi) is 15.2. The highest BCUT2D eigenvalue weighted by atomic mass is 16.7. The van der Waals surface area contributed by atoms with Crippen molar-refractivity contribution in [3.63, 3.8) is 0 Å². The van der Waals surface area contributed by atoms with Gasteiger partial charge in [-0.25, -0.2) is 0 Å². The van der Waals surface area contributed by atoms with E-state index in [-0.39, 0.29) is 36.7 Å². The van der Waals surface area contributed by atoms with Crippen LogP contribution in [0.4, 0.5) is 11.4 Å². The summed E-state index contributed by atoms with van der Waals surface area (Å²) in [4.78, 5) is 27.1. The number of rotatable bonds is 18. The first-order valence-electron chi connectivity index (χ1n) is 20.2. The Labute approximate surface area is 342 Å². The Morgan fingerprint density at radius 2 is 1.47 bits per heavy atom. The highest BCUT2D eigenvalue weighted by Gasteiger charge is 2.34. The number of benzene rings is 5. The van der Waals surface area contributed by atoms with Crippen molar-refractivity contribution in [3.05, 3.63) is 155 Å². The van der Waals surface area contributed by atoms with Gasteiger partial charge in [0.25, 0.3) is 0 Å². The van der Waals surface area contributed by atoms with E-state index in [2.05, 4.69) is 39.8 Å². The van der Waals surface area contributed by atoms with Crippen LogP contribution in [0.5, 0.6) is 0 Å². The summed E-state index contributed by atoms with van der Waals surface area (Å²) >= 11 is 0. The average Bonchev–Trinajstić information content (AvgIpc) is 3.26. The number of nitrogens with zero attached hydrogens (tertiary/aromatic N) is 1. The Hall–Kier alpha value is -5.36. The molecule has 1 aliphatic heterocycles. The molecule has 0 spiro atoms. The van der Waals surface area contributed by atoms with E-state index < -0.39 is 12.4 Å². The van der Waals surface area contributed by atoms with Crippen LogP contribution in [0, 0.1) is 0 Å². The SMILES string of the molecule is C[C@H]([C@@H](O)c1ccccc1)N(C)C[C@H]1C[C@@H](c2ccc(CO)cc2)O[C@@H](c2cccc(-c3cccc(CNC(=O)CCCCCC(=O)Nc4ccccc4N)c3)c2)O1. The quantitative estimate of drug-likeness (QED) is 0.0442. The van der Waals surface area contributed by atoms with Crippen LogP contribution in [0.1, 0.15) is 91.8 Å². The number of carbonyl (C=O) groups excluding carboxylic acids is 2. The molecule has 0 aliphatic carbocycles. The molecule has 5 aromatic rings. The maximum Gasteiger partial charge on any atom is 0.224 e. The first kappa shape index (κ1) is 42.3. The lowest BCUT2D eigenvalue weighted by atomic mass is 9.97. The van der Waals surface area contributed by atoms with Crippen LogP contribution in [0.3, 0.4) is 0 Å². The van der Waals surface area contributed by atoms with Gasteiger partial charge >= 0.3 is 0 Å². The summed E-state index contributed by atoms with van der Waals surface area (Å²) in [5.41, 5.74) is 13.7. The molecule has 2 amide bonds. The topological polar surface area (TPSA) is 146 Å². The minimum atomic E-state index is -0.651. The van der Waals surface area contributed by atoms with Crippen molar-refractivity contribution in [1.82, 2.24) is 10.2 Å². The zero-order chi connectivity index (χ0) is 40.9. The molecule has 5 atom stereocenters. The summed E-state index contributed by atoms with van der Waals surface area (Å²) in [6.45, 7) is 3.00. The number of aliphatic hydroxyl groups excluding tert-OH is 2. The van der Waals surface area contributed by atoms with E-state index in [1.165, 1.54) is 0 Å². The van der Waals surface area contributed by atoms with Crippen LogP contribution >= 0.6 is 0 Å². The molecule has 6 rings (SSSR count). The van der Waals surface area contributed by atoms with E-state index in [4.69, 9.17) is 15.2 Å². The molecule has 0 aromatic heterocycles. The third kappa shape index (κ3) is 11.8. The van der Waals surface area contributed by atoms with Gasteiger partial charge in [0.15, 0.2) is 6.29 Å². The molecule has 304 valence electrons. The molecule has 1 saturated heterocycles. The summed E-state index contributed by atoms with van der Waals surface area (Å²) in [5.74, 6) is -0.107. The Morgan fingerprint density at radius 1 is 0.776 bits per heavy atom. The molecule has 1 aliphatic rings. The van der Waals surface area contributed by atoms with E-state index in [9.17, 15) is 19.8 Å². The molecule has 0 saturated carbocycles. The van der Waals surface area contributed by atoms with E-state index in [1.54, 1.807) is 12.1 Å². The summed E-state index contributed by atoms with van der Waals surface area (Å²) < 4.78 is 13.3. The predicted octanol–water partition coefficient (Wildman–Crippen LogP) is 8.23. The minimum absolute atomic E-state index is 0.0229. The van der Waals surface area contributed by atoms with Gasteiger partial charge in [0, 0.05) is 44.0 Å². The van der Waals surface area contributed by atoms with Crippen LogP contribution in [0.25, 0.3) is 11.1 Å². The summed E-state index contributed by atoms with van der Waals surface area (Å²) in [5, 5.41) is 26.7. The number of nitrogen functional groups attached to an aromatic ring is 1. The number of ether oxygens (including phenoxy) is 2. The number of likely N-dealkylation sites (N-methyl/N-ethyl adjacent to an activating group) is 1. The maximum absolute atomic E-state index is 12.7. The smallest absolute Gasteiger partial charge is 0.224 e. The van der Waals surface area contributed by atoms with Crippen molar-refractivity contribution in [2.75, 3.05) is 24.6 Å². The maximum atomic E-state index is 12.7. The van der Waals surface area contributed by atoms with Gasteiger partial charge in [0.1, 0.15) is 0 Å². The molecule has 10 heteroatoms. The molecule has 58 heavy (non-hydrogen) atoms. The molecule has 10 nitrogen and oxygen atoms in total. The van der Waals surface area contributed by atoms with Gasteiger partial charge in [0.05, 0.1) is 36.3 Å². The van der Waals surface area contributed by atoms with Crippen LogP contribution in [-0.2, 0) is 32.2 Å². The number of para-hydroxylation sites is 2. The summed E-state index contributed by atoms with van der Waals surface area (Å²) in [6, 6.07) is 40.9. The van der Waals surface area contributed by atoms with Crippen LogP contribution in [-0.4, -0.2) is 52.7 Å². The lowest BCUT2D eigenvalue weighted by Crippen LogP contribution is -2.43. The van der Waals surface area contributed by atoms with E-state index in [0.717, 1.165) is 45.4 Å². The Bertz CT molecular complexity index is 2080. The zero-order valence-corrected chi connectivity index (χ0v) is 33.4. The molecule has 5 aromatic carbocycles. The second-order valence-corrected chi connectivity index (χ2v) is 15.2. The van der Waals surface area contributed by atoms with Crippen LogP contribution in [0.2, 0.25) is 0 Å². The number of nitrogens with one attached hydrogen (secondary N) is 2. The van der Waals surface area contributed by atoms with Crippen molar-refractivity contribution in [1.29, 1.82) is 0 Å².